The van der Waals surface area contributed by atoms with Crippen LogP contribution in [-0.4, -0.2) is 21.3 Å². The van der Waals surface area contributed by atoms with Crippen molar-refractivity contribution in [3.05, 3.63) is 36.7 Å². The Morgan fingerprint density at radius 3 is 2.91 bits per heavy atom. The predicted molar refractivity (Wildman–Crippen MR) is 79.3 cm³/mol. The molecule has 4 rings (SSSR count). The Balaban J connectivity index is 1.94. The number of nitriles is 1. The van der Waals surface area contributed by atoms with E-state index in [2.05, 4.69) is 11.1 Å². The predicted octanol–water partition coefficient (Wildman–Crippen LogP) is 2.74. The van der Waals surface area contributed by atoms with E-state index in [9.17, 15) is 0 Å². The molecule has 0 atom stereocenters. The smallest absolute Gasteiger partial charge is 0.231 e. The summed E-state index contributed by atoms with van der Waals surface area (Å²) in [7, 11) is 0. The lowest BCUT2D eigenvalue weighted by molar-refractivity contribution is 0.174. The fraction of sp³-hybridized carbons (Fsp3) is 0.188. The Bertz CT molecular complexity index is 881. The average Bonchev–Trinajstić information content (AvgIpc) is 3.15. The molecule has 0 unspecified atom stereocenters. The Morgan fingerprint density at radius 1 is 1.27 bits per heavy atom. The number of benzene rings is 1. The lowest BCUT2D eigenvalue weighted by atomic mass is 10.2. The highest BCUT2D eigenvalue weighted by Crippen LogP contribution is 2.37. The minimum atomic E-state index is 0.232. The average molecular weight is 292 g/mol. The third-order valence-electron chi connectivity index (χ3n) is 3.61. The maximum Gasteiger partial charge on any atom is 0.231 e. The maximum atomic E-state index is 8.91. The third-order valence-corrected chi connectivity index (χ3v) is 3.61. The van der Waals surface area contributed by atoms with Crippen LogP contribution in [0.1, 0.15) is 6.42 Å². The van der Waals surface area contributed by atoms with Crippen LogP contribution in [0.4, 0.5) is 0 Å². The molecular formula is C16H12N4O2. The van der Waals surface area contributed by atoms with E-state index in [4.69, 9.17) is 19.7 Å². The summed E-state index contributed by atoms with van der Waals surface area (Å²) in [5.41, 5.74) is 2.66. The van der Waals surface area contributed by atoms with E-state index in [1.807, 2.05) is 28.8 Å². The van der Waals surface area contributed by atoms with Gasteiger partial charge in [-0.2, -0.15) is 5.26 Å². The number of rotatable bonds is 3. The molecule has 0 radical (unpaired) electrons. The highest BCUT2D eigenvalue weighted by Gasteiger charge is 2.19. The summed E-state index contributed by atoms with van der Waals surface area (Å²) < 4.78 is 12.9. The molecule has 0 bridgehead atoms. The Morgan fingerprint density at radius 2 is 2.14 bits per heavy atom. The molecule has 3 heterocycles. The van der Waals surface area contributed by atoms with Crippen LogP contribution in [0.5, 0.6) is 11.5 Å². The van der Waals surface area contributed by atoms with Gasteiger partial charge in [0.15, 0.2) is 11.5 Å². The van der Waals surface area contributed by atoms with Gasteiger partial charge in [-0.3, -0.25) is 4.98 Å². The molecule has 6 heteroatoms. The van der Waals surface area contributed by atoms with Crippen molar-refractivity contribution in [1.29, 1.82) is 5.26 Å². The molecule has 22 heavy (non-hydrogen) atoms. The molecule has 0 aliphatic carbocycles. The van der Waals surface area contributed by atoms with E-state index in [1.54, 1.807) is 12.4 Å². The van der Waals surface area contributed by atoms with E-state index in [1.165, 1.54) is 0 Å². The zero-order valence-electron chi connectivity index (χ0n) is 11.7. The molecule has 0 amide bonds. The molecule has 108 valence electrons. The first-order chi connectivity index (χ1) is 10.9. The number of aromatic nitrogens is 3. The van der Waals surface area contributed by atoms with E-state index in [-0.39, 0.29) is 6.79 Å². The molecule has 0 spiro atoms. The number of fused-ring (bicyclic) bond motifs is 2. The van der Waals surface area contributed by atoms with Gasteiger partial charge in [-0.15, -0.1) is 0 Å². The van der Waals surface area contributed by atoms with Crippen molar-refractivity contribution in [2.45, 2.75) is 13.0 Å². The van der Waals surface area contributed by atoms with Gasteiger partial charge in [0, 0.05) is 36.6 Å². The van der Waals surface area contributed by atoms with Crippen LogP contribution in [0.15, 0.2) is 36.7 Å². The first kappa shape index (κ1) is 12.7. The first-order valence-electron chi connectivity index (χ1n) is 6.94. The van der Waals surface area contributed by atoms with E-state index in [0.717, 1.165) is 22.4 Å². The van der Waals surface area contributed by atoms with Crippen molar-refractivity contribution in [2.75, 3.05) is 6.79 Å². The molecule has 0 saturated heterocycles. The molecule has 1 aliphatic heterocycles. The standard InChI is InChI=1S/C16H12N4O2/c17-4-2-6-20-13-8-15-14(21-10-22-15)7-12(13)19-16(20)11-3-1-5-18-9-11/h1,3,5,7-9H,2,6,10H2. The van der Waals surface area contributed by atoms with Crippen LogP contribution in [0.3, 0.4) is 0 Å². The van der Waals surface area contributed by atoms with E-state index >= 15 is 0 Å². The lowest BCUT2D eigenvalue weighted by Crippen LogP contribution is -2.00. The number of hydrogen-bond acceptors (Lipinski definition) is 5. The normalized spacial score (nSPS) is 12.5. The van der Waals surface area contributed by atoms with Crippen molar-refractivity contribution >= 4 is 11.0 Å². The number of aryl methyl sites for hydroxylation is 1. The molecule has 6 nitrogen and oxygen atoms in total. The largest absolute Gasteiger partial charge is 0.454 e. The van der Waals surface area contributed by atoms with Crippen molar-refractivity contribution in [3.63, 3.8) is 0 Å². The van der Waals surface area contributed by atoms with Crippen molar-refractivity contribution in [2.24, 2.45) is 0 Å². The van der Waals surface area contributed by atoms with Gasteiger partial charge in [0.1, 0.15) is 5.82 Å². The van der Waals surface area contributed by atoms with Crippen LogP contribution >= 0.6 is 0 Å². The number of ether oxygens (including phenoxy) is 2. The summed E-state index contributed by atoms with van der Waals surface area (Å²) in [5, 5.41) is 8.91. The minimum absolute atomic E-state index is 0.232. The van der Waals surface area contributed by atoms with Gasteiger partial charge in [-0.1, -0.05) is 0 Å². The summed E-state index contributed by atoms with van der Waals surface area (Å²) in [6.07, 6.45) is 3.90. The molecule has 1 aromatic carbocycles. The fourth-order valence-corrected chi connectivity index (χ4v) is 2.62. The van der Waals surface area contributed by atoms with Crippen LogP contribution in [-0.2, 0) is 6.54 Å². The highest BCUT2D eigenvalue weighted by molar-refractivity contribution is 5.84. The second-order valence-corrected chi connectivity index (χ2v) is 4.93. The topological polar surface area (TPSA) is 73.0 Å². The second kappa shape index (κ2) is 5.04. The Labute approximate surface area is 126 Å². The number of hydrogen-bond donors (Lipinski definition) is 0. The van der Waals surface area contributed by atoms with Gasteiger partial charge >= 0.3 is 0 Å². The van der Waals surface area contributed by atoms with Crippen LogP contribution in [0, 0.1) is 11.3 Å². The number of nitrogens with zero attached hydrogens (tertiary/aromatic N) is 4. The van der Waals surface area contributed by atoms with Crippen LogP contribution in [0.2, 0.25) is 0 Å². The monoisotopic (exact) mass is 292 g/mol. The van der Waals surface area contributed by atoms with Gasteiger partial charge in [0.25, 0.3) is 0 Å². The van der Waals surface area contributed by atoms with Crippen molar-refractivity contribution < 1.29 is 9.47 Å². The lowest BCUT2D eigenvalue weighted by Gasteiger charge is -2.07. The van der Waals surface area contributed by atoms with E-state index < -0.39 is 0 Å². The third kappa shape index (κ3) is 1.95. The van der Waals surface area contributed by atoms with Crippen molar-refractivity contribution in [1.82, 2.24) is 14.5 Å². The summed E-state index contributed by atoms with van der Waals surface area (Å²) in [4.78, 5) is 8.84. The summed E-state index contributed by atoms with van der Waals surface area (Å²) >= 11 is 0. The Kier molecular flexibility index (Phi) is 2.90. The molecule has 2 aromatic heterocycles. The summed E-state index contributed by atoms with van der Waals surface area (Å²) in [6, 6.07) is 9.80. The second-order valence-electron chi connectivity index (χ2n) is 4.93. The summed E-state index contributed by atoms with van der Waals surface area (Å²) in [5.74, 6) is 2.21. The van der Waals surface area contributed by atoms with Gasteiger partial charge in [0.05, 0.1) is 23.5 Å². The maximum absolute atomic E-state index is 8.91. The van der Waals surface area contributed by atoms with Crippen LogP contribution < -0.4 is 9.47 Å². The quantitative estimate of drug-likeness (QED) is 0.742. The fourth-order valence-electron chi connectivity index (χ4n) is 2.62. The Hall–Kier alpha value is -3.07. The van der Waals surface area contributed by atoms with E-state index in [0.29, 0.717) is 24.5 Å². The zero-order valence-corrected chi connectivity index (χ0v) is 11.7. The number of imidazole rings is 1. The molecule has 0 fully saturated rings. The van der Waals surface area contributed by atoms with Gasteiger partial charge in [0.2, 0.25) is 6.79 Å². The highest BCUT2D eigenvalue weighted by atomic mass is 16.7. The first-order valence-corrected chi connectivity index (χ1v) is 6.94. The molecule has 0 saturated carbocycles. The minimum Gasteiger partial charge on any atom is -0.454 e. The molecular weight excluding hydrogens is 280 g/mol. The zero-order chi connectivity index (χ0) is 14.9. The molecule has 0 N–H and O–H groups in total. The number of pyridine rings is 1. The molecule has 1 aliphatic rings. The van der Waals surface area contributed by atoms with Gasteiger partial charge < -0.3 is 14.0 Å². The van der Waals surface area contributed by atoms with Gasteiger partial charge in [-0.05, 0) is 12.1 Å². The van der Waals surface area contributed by atoms with Crippen molar-refractivity contribution in [3.8, 4) is 29.0 Å². The molecule has 3 aromatic rings. The van der Waals surface area contributed by atoms with Crippen LogP contribution in [0.25, 0.3) is 22.4 Å². The van der Waals surface area contributed by atoms with Gasteiger partial charge in [-0.25, -0.2) is 4.98 Å². The summed E-state index contributed by atoms with van der Waals surface area (Å²) in [6.45, 7) is 0.798. The SMILES string of the molecule is N#CCCn1c(-c2cccnc2)nc2cc3c(cc21)OCO3.